The third-order valence-corrected chi connectivity index (χ3v) is 3.80. The molecule has 0 atom stereocenters. The number of nitrogens with one attached hydrogen (secondary N) is 1. The predicted octanol–water partition coefficient (Wildman–Crippen LogP) is 3.30. The van der Waals surface area contributed by atoms with Gasteiger partial charge in [0.05, 0.1) is 28.4 Å². The minimum Gasteiger partial charge on any atom is -0.493 e. The van der Waals surface area contributed by atoms with Crippen LogP contribution in [0.4, 0.5) is 5.69 Å². The number of carbonyl (C=O) groups excluding carboxylic acids is 2. The molecular formula is C21H23NO7. The predicted molar refractivity (Wildman–Crippen MR) is 108 cm³/mol. The van der Waals surface area contributed by atoms with Crippen molar-refractivity contribution in [2.24, 2.45) is 0 Å². The minimum absolute atomic E-state index is 0.305. The monoisotopic (exact) mass is 401 g/mol. The summed E-state index contributed by atoms with van der Waals surface area (Å²) < 4.78 is 26.1. The van der Waals surface area contributed by atoms with Gasteiger partial charge in [-0.3, -0.25) is 9.59 Å². The van der Waals surface area contributed by atoms with Gasteiger partial charge in [-0.2, -0.15) is 0 Å². The first-order chi connectivity index (χ1) is 13.9. The molecule has 0 aromatic heterocycles. The molecule has 0 spiro atoms. The maximum Gasteiger partial charge on any atom is 0.308 e. The molecule has 0 aliphatic rings. The highest BCUT2D eigenvalue weighted by molar-refractivity contribution is 6.02. The Morgan fingerprint density at radius 3 is 1.97 bits per heavy atom. The van der Waals surface area contributed by atoms with Crippen molar-refractivity contribution in [3.8, 4) is 28.7 Å². The van der Waals surface area contributed by atoms with Gasteiger partial charge in [-0.15, -0.1) is 0 Å². The van der Waals surface area contributed by atoms with Gasteiger partial charge in [-0.05, 0) is 23.8 Å². The number of rotatable bonds is 8. The first-order valence-electron chi connectivity index (χ1n) is 8.57. The summed E-state index contributed by atoms with van der Waals surface area (Å²) in [5.74, 6) is 1.17. The largest absolute Gasteiger partial charge is 0.493 e. The number of carbonyl (C=O) groups is 2. The Balaban J connectivity index is 2.16. The van der Waals surface area contributed by atoms with E-state index in [-0.39, 0.29) is 5.91 Å². The minimum atomic E-state index is -0.448. The van der Waals surface area contributed by atoms with E-state index in [1.165, 1.54) is 41.4 Å². The Morgan fingerprint density at radius 1 is 0.828 bits per heavy atom. The number of hydrogen-bond donors (Lipinski definition) is 1. The number of amides is 1. The lowest BCUT2D eigenvalue weighted by Gasteiger charge is -2.14. The average Bonchev–Trinajstić information content (AvgIpc) is 2.71. The van der Waals surface area contributed by atoms with Gasteiger partial charge in [0, 0.05) is 30.8 Å². The van der Waals surface area contributed by atoms with Crippen LogP contribution in [0.3, 0.4) is 0 Å². The fourth-order valence-corrected chi connectivity index (χ4v) is 2.54. The van der Waals surface area contributed by atoms with E-state index in [1.807, 2.05) is 0 Å². The summed E-state index contributed by atoms with van der Waals surface area (Å²) in [5.41, 5.74) is 1.18. The first kappa shape index (κ1) is 21.6. The molecule has 8 heteroatoms. The molecule has 0 heterocycles. The molecule has 8 nitrogen and oxygen atoms in total. The molecule has 0 saturated heterocycles. The molecule has 0 fully saturated rings. The van der Waals surface area contributed by atoms with E-state index in [4.69, 9.17) is 23.7 Å². The zero-order valence-electron chi connectivity index (χ0n) is 16.9. The normalized spacial score (nSPS) is 10.4. The first-order valence-corrected chi connectivity index (χ1v) is 8.57. The summed E-state index contributed by atoms with van der Waals surface area (Å²) in [6, 6.07) is 8.20. The van der Waals surface area contributed by atoms with E-state index in [2.05, 4.69) is 5.32 Å². The second kappa shape index (κ2) is 10.0. The molecule has 1 N–H and O–H groups in total. The lowest BCUT2D eigenvalue weighted by atomic mass is 10.2. The van der Waals surface area contributed by atoms with Crippen molar-refractivity contribution in [1.29, 1.82) is 0 Å². The summed E-state index contributed by atoms with van der Waals surface area (Å²) in [4.78, 5) is 23.4. The molecule has 29 heavy (non-hydrogen) atoms. The molecule has 0 aliphatic carbocycles. The van der Waals surface area contributed by atoms with Gasteiger partial charge in [0.15, 0.2) is 23.0 Å². The number of esters is 1. The lowest BCUT2D eigenvalue weighted by Crippen LogP contribution is -2.08. The van der Waals surface area contributed by atoms with Crippen LogP contribution in [-0.4, -0.2) is 40.3 Å². The van der Waals surface area contributed by atoms with Crippen LogP contribution < -0.4 is 29.0 Å². The van der Waals surface area contributed by atoms with Crippen LogP contribution in [0.15, 0.2) is 36.4 Å². The van der Waals surface area contributed by atoms with Gasteiger partial charge in [0.1, 0.15) is 0 Å². The molecule has 2 aromatic carbocycles. The summed E-state index contributed by atoms with van der Waals surface area (Å²) in [6.45, 7) is 1.31. The Bertz CT molecular complexity index is 896. The van der Waals surface area contributed by atoms with Gasteiger partial charge in [-0.1, -0.05) is 6.07 Å². The summed E-state index contributed by atoms with van der Waals surface area (Å²) in [5, 5.41) is 2.74. The Kier molecular flexibility index (Phi) is 7.47. The van der Waals surface area contributed by atoms with Gasteiger partial charge < -0.3 is 29.0 Å². The van der Waals surface area contributed by atoms with Gasteiger partial charge in [0.2, 0.25) is 11.7 Å². The third-order valence-electron chi connectivity index (χ3n) is 3.80. The van der Waals surface area contributed by atoms with Crippen LogP contribution in [0.5, 0.6) is 28.7 Å². The second-order valence-electron chi connectivity index (χ2n) is 5.74. The van der Waals surface area contributed by atoms with Crippen LogP contribution in [0.1, 0.15) is 12.5 Å². The Morgan fingerprint density at radius 2 is 1.45 bits per heavy atom. The van der Waals surface area contributed by atoms with Crippen LogP contribution in [-0.2, 0) is 9.59 Å². The van der Waals surface area contributed by atoms with E-state index in [0.29, 0.717) is 40.0 Å². The van der Waals surface area contributed by atoms with E-state index in [1.54, 1.807) is 36.4 Å². The lowest BCUT2D eigenvalue weighted by molar-refractivity contribution is -0.132. The van der Waals surface area contributed by atoms with Gasteiger partial charge >= 0.3 is 5.97 Å². The highest BCUT2D eigenvalue weighted by Crippen LogP contribution is 2.39. The Labute approximate surface area is 169 Å². The molecule has 1 amide bonds. The van der Waals surface area contributed by atoms with Crippen molar-refractivity contribution in [2.45, 2.75) is 6.92 Å². The highest BCUT2D eigenvalue weighted by atomic mass is 16.6. The molecule has 0 radical (unpaired) electrons. The SMILES string of the molecule is COc1cc(/C=C/C(=O)Nc2cc(OC)c(OC)c(OC)c2)ccc1OC(C)=O. The molecule has 2 aromatic rings. The van der Waals surface area contributed by atoms with Crippen LogP contribution in [0.25, 0.3) is 6.08 Å². The molecule has 0 saturated carbocycles. The quantitative estimate of drug-likeness (QED) is 0.412. The summed E-state index contributed by atoms with van der Waals surface area (Å²) in [7, 11) is 5.96. The number of methoxy groups -OCH3 is 4. The molecule has 0 unspecified atom stereocenters. The topological polar surface area (TPSA) is 92.3 Å². The molecular weight excluding hydrogens is 378 g/mol. The van der Waals surface area contributed by atoms with Crippen molar-refractivity contribution in [2.75, 3.05) is 33.8 Å². The highest BCUT2D eigenvalue weighted by Gasteiger charge is 2.14. The van der Waals surface area contributed by atoms with Crippen molar-refractivity contribution in [3.05, 3.63) is 42.0 Å². The van der Waals surface area contributed by atoms with E-state index >= 15 is 0 Å². The van der Waals surface area contributed by atoms with Crippen LogP contribution in [0, 0.1) is 0 Å². The molecule has 0 aliphatic heterocycles. The third kappa shape index (κ3) is 5.65. The second-order valence-corrected chi connectivity index (χ2v) is 5.74. The Hall–Kier alpha value is -3.68. The van der Waals surface area contributed by atoms with Crippen molar-refractivity contribution < 1.29 is 33.3 Å². The van der Waals surface area contributed by atoms with Crippen molar-refractivity contribution in [1.82, 2.24) is 0 Å². The van der Waals surface area contributed by atoms with E-state index in [9.17, 15) is 9.59 Å². The number of hydrogen-bond acceptors (Lipinski definition) is 7. The molecule has 2 rings (SSSR count). The van der Waals surface area contributed by atoms with Crippen molar-refractivity contribution >= 4 is 23.6 Å². The van der Waals surface area contributed by atoms with E-state index < -0.39 is 5.97 Å². The maximum absolute atomic E-state index is 12.3. The van der Waals surface area contributed by atoms with Crippen LogP contribution >= 0.6 is 0 Å². The number of anilines is 1. The molecule has 0 bridgehead atoms. The van der Waals surface area contributed by atoms with Crippen LogP contribution in [0.2, 0.25) is 0 Å². The maximum atomic E-state index is 12.3. The standard InChI is InChI=1S/C21H23NO7/c1-13(23)29-16-8-6-14(10-17(16)25-2)7-9-20(24)22-15-11-18(26-3)21(28-5)19(12-15)27-4/h6-12H,1-5H3,(H,22,24)/b9-7+. The van der Waals surface area contributed by atoms with Gasteiger partial charge in [0.25, 0.3) is 0 Å². The smallest absolute Gasteiger partial charge is 0.308 e. The van der Waals surface area contributed by atoms with Crippen molar-refractivity contribution in [3.63, 3.8) is 0 Å². The fraction of sp³-hybridized carbons (Fsp3) is 0.238. The fourth-order valence-electron chi connectivity index (χ4n) is 2.54. The molecule has 154 valence electrons. The zero-order chi connectivity index (χ0) is 21.4. The van der Waals surface area contributed by atoms with E-state index in [0.717, 1.165) is 0 Å². The average molecular weight is 401 g/mol. The summed E-state index contributed by atoms with van der Waals surface area (Å²) >= 11 is 0. The summed E-state index contributed by atoms with van der Waals surface area (Å²) in [6.07, 6.45) is 2.97. The number of ether oxygens (including phenoxy) is 5. The van der Waals surface area contributed by atoms with Gasteiger partial charge in [-0.25, -0.2) is 0 Å². The number of benzene rings is 2. The zero-order valence-corrected chi connectivity index (χ0v) is 16.9.